The molecule has 3 aromatic rings. The Kier molecular flexibility index (Phi) is 12.0. The van der Waals surface area contributed by atoms with Crippen LogP contribution in [0, 0.1) is 17.0 Å². The Hall–Kier alpha value is -4.09. The molecule has 0 saturated heterocycles. The third kappa shape index (κ3) is 8.48. The Morgan fingerprint density at radius 2 is 1.67 bits per heavy atom. The number of nitro benzene ring substituents is 1. The minimum absolute atomic E-state index is 0.0514. The molecule has 0 aliphatic carbocycles. The minimum atomic E-state index is -0.700. The number of non-ortho nitro benzene ring substituents is 1. The van der Waals surface area contributed by atoms with Gasteiger partial charge in [0.15, 0.2) is 4.80 Å². The molecular weight excluding hydrogens is 625 g/mol. The zero-order valence-corrected chi connectivity index (χ0v) is 26.1. The highest BCUT2D eigenvalue weighted by Gasteiger charge is 2.27. The van der Waals surface area contributed by atoms with Gasteiger partial charge in [-0.3, -0.25) is 24.5 Å². The summed E-state index contributed by atoms with van der Waals surface area (Å²) in [6.07, 6.45) is 0. The van der Waals surface area contributed by atoms with E-state index in [9.17, 15) is 34.1 Å². The van der Waals surface area contributed by atoms with Gasteiger partial charge in [0, 0.05) is 12.1 Å². The summed E-state index contributed by atoms with van der Waals surface area (Å²) in [4.78, 5) is 77.5. The SMILES string of the molecule is CCOC(=O)Cn1c(=NC(=O)CSCC(=O)Nc2sc(C(=O)OCC)c(C)c2C(=O)OCC)sc2cc([N+](=O)[O-])ccc21. The van der Waals surface area contributed by atoms with Crippen LogP contribution in [0.3, 0.4) is 0 Å². The van der Waals surface area contributed by atoms with Crippen LogP contribution in [0.2, 0.25) is 0 Å². The Morgan fingerprint density at radius 1 is 1.00 bits per heavy atom. The molecule has 0 unspecified atom stereocenters. The van der Waals surface area contributed by atoms with Gasteiger partial charge in [-0.15, -0.1) is 23.1 Å². The molecule has 0 saturated carbocycles. The highest BCUT2D eigenvalue weighted by molar-refractivity contribution is 8.00. The monoisotopic (exact) mass is 652 g/mol. The molecule has 1 N–H and O–H groups in total. The van der Waals surface area contributed by atoms with Gasteiger partial charge in [-0.05, 0) is 39.3 Å². The number of esters is 3. The largest absolute Gasteiger partial charge is 0.465 e. The van der Waals surface area contributed by atoms with Crippen LogP contribution in [0.25, 0.3) is 10.2 Å². The lowest BCUT2D eigenvalue weighted by Gasteiger charge is -2.07. The number of nitrogens with one attached hydrogen (secondary N) is 1. The summed E-state index contributed by atoms with van der Waals surface area (Å²) in [6.45, 7) is 6.59. The molecular formula is C26H28N4O10S3. The lowest BCUT2D eigenvalue weighted by Crippen LogP contribution is -2.23. The van der Waals surface area contributed by atoms with Crippen molar-refractivity contribution in [3.63, 3.8) is 0 Å². The quantitative estimate of drug-likeness (QED) is 0.123. The van der Waals surface area contributed by atoms with Crippen molar-refractivity contribution in [1.29, 1.82) is 0 Å². The van der Waals surface area contributed by atoms with E-state index in [4.69, 9.17) is 14.2 Å². The summed E-state index contributed by atoms with van der Waals surface area (Å²) < 4.78 is 17.0. The van der Waals surface area contributed by atoms with Gasteiger partial charge in [-0.25, -0.2) is 9.59 Å². The van der Waals surface area contributed by atoms with E-state index in [1.54, 1.807) is 27.7 Å². The van der Waals surface area contributed by atoms with Crippen molar-refractivity contribution in [2.45, 2.75) is 34.2 Å². The molecule has 0 spiro atoms. The average Bonchev–Trinajstić information content (AvgIpc) is 3.44. The van der Waals surface area contributed by atoms with E-state index in [0.29, 0.717) is 15.8 Å². The molecule has 0 aliphatic heterocycles. The summed E-state index contributed by atoms with van der Waals surface area (Å²) in [5, 5.41) is 13.9. The van der Waals surface area contributed by atoms with Crippen molar-refractivity contribution in [1.82, 2.24) is 4.57 Å². The fourth-order valence-electron chi connectivity index (χ4n) is 3.72. The number of ether oxygens (including phenoxy) is 3. The first kappa shape index (κ1) is 33.4. The minimum Gasteiger partial charge on any atom is -0.465 e. The van der Waals surface area contributed by atoms with E-state index >= 15 is 0 Å². The van der Waals surface area contributed by atoms with Crippen LogP contribution in [0.5, 0.6) is 0 Å². The Bertz CT molecular complexity index is 1640. The zero-order chi connectivity index (χ0) is 31.7. The molecule has 0 atom stereocenters. The van der Waals surface area contributed by atoms with E-state index in [1.807, 2.05) is 0 Å². The molecule has 0 radical (unpaired) electrons. The first-order valence-electron chi connectivity index (χ1n) is 12.9. The summed E-state index contributed by atoms with van der Waals surface area (Å²) in [5.74, 6) is -3.44. The Balaban J connectivity index is 1.76. The standard InChI is InChI=1S/C26H28N4O10S3/c1-5-38-20(33)11-29-16-9-8-15(30(36)37)10-17(16)42-26(29)28-19(32)13-41-12-18(31)27-23-21(24(34)39-6-2)14(4)22(43-23)25(35)40-7-3/h8-10H,5-7,11-13H2,1-4H3,(H,27,31). The van der Waals surface area contributed by atoms with Crippen molar-refractivity contribution in [2.75, 3.05) is 36.6 Å². The first-order chi connectivity index (χ1) is 20.5. The highest BCUT2D eigenvalue weighted by atomic mass is 32.2. The number of nitrogens with zero attached hydrogens (tertiary/aromatic N) is 3. The maximum atomic E-state index is 12.7. The number of amides is 2. The zero-order valence-electron chi connectivity index (χ0n) is 23.6. The van der Waals surface area contributed by atoms with Gasteiger partial charge >= 0.3 is 17.9 Å². The van der Waals surface area contributed by atoms with Crippen LogP contribution in [-0.4, -0.2) is 70.5 Å². The fourth-order valence-corrected chi connectivity index (χ4v) is 6.51. The lowest BCUT2D eigenvalue weighted by atomic mass is 10.1. The van der Waals surface area contributed by atoms with Crippen molar-refractivity contribution in [3.05, 3.63) is 49.1 Å². The van der Waals surface area contributed by atoms with Crippen LogP contribution in [0.15, 0.2) is 23.2 Å². The van der Waals surface area contributed by atoms with Crippen molar-refractivity contribution in [3.8, 4) is 0 Å². The molecule has 14 nitrogen and oxygen atoms in total. The Morgan fingerprint density at radius 3 is 2.33 bits per heavy atom. The van der Waals surface area contributed by atoms with Crippen molar-refractivity contribution >= 4 is 85.1 Å². The number of carbonyl (C=O) groups is 5. The number of rotatable bonds is 13. The second-order valence-electron chi connectivity index (χ2n) is 8.43. The molecule has 0 fully saturated rings. The molecule has 2 amide bonds. The van der Waals surface area contributed by atoms with Gasteiger partial charge in [0.2, 0.25) is 5.91 Å². The molecule has 2 aromatic heterocycles. The maximum Gasteiger partial charge on any atom is 0.348 e. The number of carbonyl (C=O) groups excluding carboxylic acids is 5. The number of aromatic nitrogens is 1. The van der Waals surface area contributed by atoms with E-state index in [-0.39, 0.29) is 63.8 Å². The summed E-state index contributed by atoms with van der Waals surface area (Å²) in [6, 6.07) is 4.08. The van der Waals surface area contributed by atoms with E-state index < -0.39 is 34.6 Å². The van der Waals surface area contributed by atoms with Gasteiger partial charge in [-0.2, -0.15) is 4.99 Å². The third-order valence-corrected chi connectivity index (χ3v) is 8.63. The normalized spacial score (nSPS) is 11.3. The number of thiazole rings is 1. The molecule has 43 heavy (non-hydrogen) atoms. The number of anilines is 1. The number of thiophene rings is 1. The molecule has 0 aliphatic rings. The fraction of sp³-hybridized carbons (Fsp3) is 0.385. The van der Waals surface area contributed by atoms with Gasteiger partial charge in [0.25, 0.3) is 11.6 Å². The van der Waals surface area contributed by atoms with Gasteiger partial charge in [0.05, 0.1) is 52.0 Å². The second kappa shape index (κ2) is 15.4. The second-order valence-corrected chi connectivity index (χ2v) is 11.4. The van der Waals surface area contributed by atoms with Crippen LogP contribution in [-0.2, 0) is 35.1 Å². The van der Waals surface area contributed by atoms with E-state index in [0.717, 1.165) is 34.4 Å². The van der Waals surface area contributed by atoms with Crippen LogP contribution in [0.1, 0.15) is 46.4 Å². The predicted octanol–water partition coefficient (Wildman–Crippen LogP) is 3.70. The number of fused-ring (bicyclic) bond motifs is 1. The van der Waals surface area contributed by atoms with E-state index in [2.05, 4.69) is 10.3 Å². The summed E-state index contributed by atoms with van der Waals surface area (Å²) in [5.41, 5.74) is 0.685. The molecule has 2 heterocycles. The van der Waals surface area contributed by atoms with Crippen molar-refractivity contribution in [2.24, 2.45) is 4.99 Å². The molecule has 230 valence electrons. The number of benzene rings is 1. The third-order valence-electron chi connectivity index (χ3n) is 5.49. The molecule has 0 bridgehead atoms. The van der Waals surface area contributed by atoms with Gasteiger partial charge in [0.1, 0.15) is 16.4 Å². The van der Waals surface area contributed by atoms with Crippen LogP contribution in [0.4, 0.5) is 10.7 Å². The highest BCUT2D eigenvalue weighted by Crippen LogP contribution is 2.34. The molecule has 3 rings (SSSR count). The number of nitro groups is 1. The van der Waals surface area contributed by atoms with E-state index in [1.165, 1.54) is 22.8 Å². The number of thioether (sulfide) groups is 1. The van der Waals surface area contributed by atoms with Crippen LogP contribution < -0.4 is 10.1 Å². The lowest BCUT2D eigenvalue weighted by molar-refractivity contribution is -0.384. The number of hydrogen-bond acceptors (Lipinski definition) is 13. The average molecular weight is 653 g/mol. The summed E-state index contributed by atoms with van der Waals surface area (Å²) >= 11 is 2.84. The van der Waals surface area contributed by atoms with Gasteiger partial charge < -0.3 is 24.1 Å². The maximum absolute atomic E-state index is 12.7. The number of hydrogen-bond donors (Lipinski definition) is 1. The van der Waals surface area contributed by atoms with Crippen LogP contribution >= 0.6 is 34.4 Å². The smallest absolute Gasteiger partial charge is 0.348 e. The first-order valence-corrected chi connectivity index (χ1v) is 15.6. The Labute approximate surface area is 257 Å². The molecule has 1 aromatic carbocycles. The summed E-state index contributed by atoms with van der Waals surface area (Å²) in [7, 11) is 0. The topological polar surface area (TPSA) is 186 Å². The van der Waals surface area contributed by atoms with Crippen molar-refractivity contribution < 1.29 is 43.1 Å². The molecule has 17 heteroatoms. The predicted molar refractivity (Wildman–Crippen MR) is 161 cm³/mol. The van der Waals surface area contributed by atoms with Gasteiger partial charge in [-0.1, -0.05) is 11.3 Å².